The van der Waals surface area contributed by atoms with Gasteiger partial charge in [-0.25, -0.2) is 18.2 Å². The topological polar surface area (TPSA) is 149 Å². The van der Waals surface area contributed by atoms with Crippen LogP contribution in [0.3, 0.4) is 0 Å². The molecular weight excluding hydrogens is 655 g/mol. The zero-order valence-corrected chi connectivity index (χ0v) is 28.8. The van der Waals surface area contributed by atoms with Crippen molar-refractivity contribution < 1.29 is 32.6 Å². The van der Waals surface area contributed by atoms with Crippen LogP contribution in [0.15, 0.2) is 83.2 Å². The quantitative estimate of drug-likeness (QED) is 0.215. The number of hydrogen-bond donors (Lipinski definition) is 2. The third kappa shape index (κ3) is 8.01. The van der Waals surface area contributed by atoms with Crippen LogP contribution < -0.4 is 10.2 Å². The highest BCUT2D eigenvalue weighted by atomic mass is 32.2. The number of carbonyl (C=O) groups is 3. The highest BCUT2D eigenvalue weighted by molar-refractivity contribution is 7.89. The van der Waals surface area contributed by atoms with E-state index < -0.39 is 40.3 Å². The summed E-state index contributed by atoms with van der Waals surface area (Å²) in [6.07, 6.45) is -3.10. The van der Waals surface area contributed by atoms with E-state index in [0.717, 1.165) is 10.3 Å². The third-order valence-corrected chi connectivity index (χ3v) is 10.5. The Hall–Kier alpha value is -4.37. The Morgan fingerprint density at radius 2 is 1.81 bits per heavy atom. The maximum absolute atomic E-state index is 13.9. The maximum atomic E-state index is 13.9. The van der Waals surface area contributed by atoms with Crippen molar-refractivity contribution in [1.82, 2.24) is 19.5 Å². The molecule has 1 aromatic heterocycles. The van der Waals surface area contributed by atoms with Gasteiger partial charge in [0.1, 0.15) is 0 Å². The molecule has 3 aromatic carbocycles. The number of ether oxygens (including phenoxy) is 1. The average Bonchev–Trinajstić information content (AvgIpc) is 3.70. The number of carbonyl (C=O) groups excluding carboxylic acids is 3. The van der Waals surface area contributed by atoms with Crippen LogP contribution in [0.4, 0.5) is 10.5 Å². The second-order valence-electron chi connectivity index (χ2n) is 12.3. The van der Waals surface area contributed by atoms with Gasteiger partial charge in [-0.3, -0.25) is 14.5 Å². The van der Waals surface area contributed by atoms with E-state index in [1.54, 1.807) is 56.0 Å². The van der Waals surface area contributed by atoms with Crippen molar-refractivity contribution in [3.05, 3.63) is 89.4 Å². The molecule has 1 aliphatic heterocycles. The van der Waals surface area contributed by atoms with Crippen molar-refractivity contribution in [1.29, 1.82) is 0 Å². The first-order valence-corrected chi connectivity index (χ1v) is 17.8. The Morgan fingerprint density at radius 1 is 1.06 bits per heavy atom. The van der Waals surface area contributed by atoms with Crippen LogP contribution in [0, 0.1) is 5.92 Å². The number of benzene rings is 3. The largest absolute Gasteiger partial charge is 0.434 e. The van der Waals surface area contributed by atoms with Crippen LogP contribution in [0.25, 0.3) is 10.2 Å². The van der Waals surface area contributed by atoms with Gasteiger partial charge in [0.2, 0.25) is 10.0 Å². The number of hydrogen-bond acceptors (Lipinski definition) is 9. The number of nitrogens with one attached hydrogen (secondary N) is 1. The number of aliphatic hydroxyl groups is 1. The number of nitrogens with zero attached hydrogens (tertiary/aromatic N) is 4. The van der Waals surface area contributed by atoms with Crippen LogP contribution in [-0.4, -0.2) is 97.6 Å². The van der Waals surface area contributed by atoms with Crippen LogP contribution in [0.5, 0.6) is 0 Å². The van der Waals surface area contributed by atoms with Gasteiger partial charge in [-0.15, -0.1) is 11.3 Å². The van der Waals surface area contributed by atoms with E-state index in [1.165, 1.54) is 31.5 Å². The van der Waals surface area contributed by atoms with Gasteiger partial charge in [0.15, 0.2) is 6.10 Å². The molecule has 3 amide bonds. The molecule has 5 rings (SSSR count). The molecule has 14 heteroatoms. The van der Waals surface area contributed by atoms with Gasteiger partial charge >= 0.3 is 6.09 Å². The maximum Gasteiger partial charge on any atom is 0.415 e. The normalized spacial score (nSPS) is 16.3. The van der Waals surface area contributed by atoms with Crippen molar-refractivity contribution >= 4 is 55.2 Å². The molecular formula is C34H39N5O7S2. The lowest BCUT2D eigenvalue weighted by molar-refractivity contribution is -0.129. The van der Waals surface area contributed by atoms with Crippen LogP contribution in [0.2, 0.25) is 0 Å². The molecule has 1 unspecified atom stereocenters. The number of anilines is 1. The van der Waals surface area contributed by atoms with E-state index in [9.17, 15) is 27.9 Å². The Kier molecular flexibility index (Phi) is 10.8. The Labute approximate surface area is 284 Å². The van der Waals surface area contributed by atoms with E-state index >= 15 is 0 Å². The molecule has 0 aliphatic carbocycles. The summed E-state index contributed by atoms with van der Waals surface area (Å²) >= 11 is 1.34. The molecule has 1 fully saturated rings. The van der Waals surface area contributed by atoms with Gasteiger partial charge in [0.05, 0.1) is 39.3 Å². The van der Waals surface area contributed by atoms with Crippen molar-refractivity contribution in [2.75, 3.05) is 38.6 Å². The molecule has 4 aromatic rings. The number of rotatable bonds is 13. The second-order valence-corrected chi connectivity index (χ2v) is 15.1. The zero-order chi connectivity index (χ0) is 34.6. The molecule has 48 heavy (non-hydrogen) atoms. The summed E-state index contributed by atoms with van der Waals surface area (Å²) in [6.45, 7) is 3.50. The SMILES string of the molecule is CC(C)CN(C[C@@H](O)C(Cc1ccccc1)NC(=O)[C@@H]1CN(c2cccc(C(=O)N(C)C)c2)C(=O)O1)S(=O)(=O)c1ccc2ncsc2c1. The first-order valence-electron chi connectivity index (χ1n) is 15.5. The molecule has 3 atom stereocenters. The summed E-state index contributed by atoms with van der Waals surface area (Å²) < 4.78 is 35.2. The molecule has 2 heterocycles. The molecule has 0 radical (unpaired) electrons. The van der Waals surface area contributed by atoms with Crippen molar-refractivity contribution in [2.24, 2.45) is 5.92 Å². The smallest absolute Gasteiger partial charge is 0.415 e. The summed E-state index contributed by atoms with van der Waals surface area (Å²) in [6, 6.07) is 19.5. The van der Waals surface area contributed by atoms with E-state index in [-0.39, 0.29) is 42.8 Å². The first-order chi connectivity index (χ1) is 22.8. The number of cyclic esters (lactones) is 1. The summed E-state index contributed by atoms with van der Waals surface area (Å²) in [4.78, 5) is 46.0. The van der Waals surface area contributed by atoms with Crippen molar-refractivity contribution in [2.45, 2.75) is 43.4 Å². The predicted molar refractivity (Wildman–Crippen MR) is 183 cm³/mol. The fourth-order valence-corrected chi connectivity index (χ4v) is 7.90. The lowest BCUT2D eigenvalue weighted by Crippen LogP contribution is -2.53. The van der Waals surface area contributed by atoms with Gasteiger partial charge in [0.25, 0.3) is 11.8 Å². The predicted octanol–water partition coefficient (Wildman–Crippen LogP) is 3.76. The van der Waals surface area contributed by atoms with Crippen LogP contribution in [0.1, 0.15) is 29.8 Å². The van der Waals surface area contributed by atoms with Crippen molar-refractivity contribution in [3.63, 3.8) is 0 Å². The zero-order valence-electron chi connectivity index (χ0n) is 27.1. The Balaban J connectivity index is 1.36. The summed E-state index contributed by atoms with van der Waals surface area (Å²) in [5.74, 6) is -0.939. The van der Waals surface area contributed by atoms with Gasteiger partial charge in [-0.05, 0) is 54.3 Å². The summed E-state index contributed by atoms with van der Waals surface area (Å²) in [7, 11) is -0.787. The van der Waals surface area contributed by atoms with Gasteiger partial charge in [-0.1, -0.05) is 50.2 Å². The molecule has 0 saturated carbocycles. The Bertz CT molecular complexity index is 1880. The number of amides is 3. The minimum absolute atomic E-state index is 0.0586. The lowest BCUT2D eigenvalue weighted by Gasteiger charge is -2.31. The van der Waals surface area contributed by atoms with E-state index in [2.05, 4.69) is 10.3 Å². The first kappa shape index (κ1) is 35.0. The van der Waals surface area contributed by atoms with Gasteiger partial charge < -0.3 is 20.1 Å². The number of thiazole rings is 1. The highest BCUT2D eigenvalue weighted by Gasteiger charge is 2.39. The number of aliphatic hydroxyl groups excluding tert-OH is 1. The number of fused-ring (bicyclic) bond motifs is 1. The third-order valence-electron chi connectivity index (χ3n) is 7.91. The Morgan fingerprint density at radius 3 is 2.52 bits per heavy atom. The minimum atomic E-state index is -4.03. The highest BCUT2D eigenvalue weighted by Crippen LogP contribution is 2.26. The van der Waals surface area contributed by atoms with E-state index in [1.807, 2.05) is 44.2 Å². The van der Waals surface area contributed by atoms with E-state index in [4.69, 9.17) is 4.74 Å². The lowest BCUT2D eigenvalue weighted by atomic mass is 10.0. The number of sulfonamides is 1. The molecule has 2 N–H and O–H groups in total. The van der Waals surface area contributed by atoms with E-state index in [0.29, 0.717) is 16.8 Å². The van der Waals surface area contributed by atoms with Crippen LogP contribution in [-0.2, 0) is 26.0 Å². The molecule has 1 saturated heterocycles. The fraction of sp³-hybridized carbons (Fsp3) is 0.353. The molecule has 254 valence electrons. The summed E-state index contributed by atoms with van der Waals surface area (Å²) in [5, 5.41) is 14.5. The summed E-state index contributed by atoms with van der Waals surface area (Å²) in [5.41, 5.74) is 3.92. The molecule has 1 aliphatic rings. The van der Waals surface area contributed by atoms with Crippen LogP contribution >= 0.6 is 11.3 Å². The standard InChI is InChI=1S/C34H39N5O7S2/c1-22(2)18-38(48(44,45)26-13-14-27-31(17-26)47-21-35-27)19-29(40)28(15-23-9-6-5-7-10-23)36-32(41)30-20-39(34(43)46-30)25-12-8-11-24(16-25)33(42)37(3)4/h5-14,16-17,21-22,28-30,40H,15,18-20H2,1-4H3,(H,36,41)/t28?,29-,30+/m1/s1. The average molecular weight is 694 g/mol. The number of aromatic nitrogens is 1. The minimum Gasteiger partial charge on any atom is -0.434 e. The molecule has 0 spiro atoms. The second kappa shape index (κ2) is 14.8. The monoisotopic (exact) mass is 693 g/mol. The van der Waals surface area contributed by atoms with Crippen molar-refractivity contribution in [3.8, 4) is 0 Å². The fourth-order valence-electron chi connectivity index (χ4n) is 5.46. The molecule has 0 bridgehead atoms. The van der Waals surface area contributed by atoms with Gasteiger partial charge in [-0.2, -0.15) is 4.31 Å². The van der Waals surface area contributed by atoms with Gasteiger partial charge in [0, 0.05) is 38.4 Å². The molecule has 12 nitrogen and oxygen atoms in total.